The maximum atomic E-state index is 10.3. The maximum Gasteiger partial charge on any atom is 0.130 e. The summed E-state index contributed by atoms with van der Waals surface area (Å²) < 4.78 is 5.94. The summed E-state index contributed by atoms with van der Waals surface area (Å²) in [6, 6.07) is 20.3. The van der Waals surface area contributed by atoms with Gasteiger partial charge in [-0.2, -0.15) is 5.06 Å². The van der Waals surface area contributed by atoms with Gasteiger partial charge in [-0.15, -0.1) is 0 Å². The van der Waals surface area contributed by atoms with Crippen LogP contribution in [0.1, 0.15) is 43.4 Å². The maximum absolute atomic E-state index is 10.3. The molecular formula is C23H26N2O2. The Kier molecular flexibility index (Phi) is 5.10. The minimum atomic E-state index is -0.267. The van der Waals surface area contributed by atoms with Crippen LogP contribution in [0.25, 0.3) is 10.9 Å². The van der Waals surface area contributed by atoms with Gasteiger partial charge >= 0.3 is 0 Å². The molecule has 4 heteroatoms. The highest BCUT2D eigenvalue weighted by atomic mass is 16.5. The molecule has 0 amide bonds. The molecule has 140 valence electrons. The lowest BCUT2D eigenvalue weighted by Gasteiger charge is -2.41. The molecule has 0 bridgehead atoms. The quantitative estimate of drug-likeness (QED) is 0.626. The Morgan fingerprint density at radius 2 is 1.70 bits per heavy atom. The third-order valence-electron chi connectivity index (χ3n) is 5.73. The van der Waals surface area contributed by atoms with Gasteiger partial charge in [0.05, 0.1) is 16.7 Å². The molecule has 4 rings (SSSR count). The Morgan fingerprint density at radius 3 is 2.44 bits per heavy atom. The van der Waals surface area contributed by atoms with Gasteiger partial charge in [-0.1, -0.05) is 55.7 Å². The van der Waals surface area contributed by atoms with Gasteiger partial charge in [0.15, 0.2) is 0 Å². The standard InChI is InChI=1S/C23H26N2O2/c1-25(26)23(15-5-2-6-16-23)19-10-13-21(14-11-19)27-17-20-12-9-18-7-3-4-8-22(18)24-20/h3-4,7-14,26H,2,5-6,15-17H2,1H3. The van der Waals surface area contributed by atoms with Crippen molar-refractivity contribution in [3.8, 4) is 5.75 Å². The first-order valence-corrected chi connectivity index (χ1v) is 9.68. The first kappa shape index (κ1) is 18.0. The number of ether oxygens (including phenoxy) is 1. The van der Waals surface area contributed by atoms with Crippen molar-refractivity contribution in [3.63, 3.8) is 0 Å². The minimum Gasteiger partial charge on any atom is -0.487 e. The van der Waals surface area contributed by atoms with Crippen LogP contribution in [-0.2, 0) is 12.1 Å². The van der Waals surface area contributed by atoms with Crippen LogP contribution in [0.4, 0.5) is 0 Å². The lowest BCUT2D eigenvalue weighted by atomic mass is 9.76. The molecule has 0 atom stereocenters. The van der Waals surface area contributed by atoms with E-state index in [0.29, 0.717) is 6.61 Å². The monoisotopic (exact) mass is 362 g/mol. The summed E-state index contributed by atoms with van der Waals surface area (Å²) >= 11 is 0. The van der Waals surface area contributed by atoms with Crippen molar-refractivity contribution >= 4 is 10.9 Å². The number of benzene rings is 2. The predicted molar refractivity (Wildman–Crippen MR) is 107 cm³/mol. The van der Waals surface area contributed by atoms with Gasteiger partial charge in [0.1, 0.15) is 12.4 Å². The SMILES string of the molecule is CN(O)C1(c2ccc(OCc3ccc4ccccc4n3)cc2)CCCCC1. The molecule has 1 heterocycles. The van der Waals surface area contributed by atoms with E-state index in [1.165, 1.54) is 11.5 Å². The number of pyridine rings is 1. The second kappa shape index (κ2) is 7.67. The molecule has 1 aromatic heterocycles. The van der Waals surface area contributed by atoms with E-state index in [9.17, 15) is 5.21 Å². The second-order valence-electron chi connectivity index (χ2n) is 7.42. The summed E-state index contributed by atoms with van der Waals surface area (Å²) in [6.45, 7) is 0.440. The zero-order chi connectivity index (χ0) is 18.7. The van der Waals surface area contributed by atoms with Gasteiger partial charge in [-0.3, -0.25) is 0 Å². The smallest absolute Gasteiger partial charge is 0.130 e. The molecule has 1 aliphatic carbocycles. The third-order valence-corrected chi connectivity index (χ3v) is 5.73. The lowest BCUT2D eigenvalue weighted by molar-refractivity contribution is -0.169. The number of hydrogen-bond acceptors (Lipinski definition) is 4. The van der Waals surface area contributed by atoms with Crippen molar-refractivity contribution in [3.05, 3.63) is 71.9 Å². The summed E-state index contributed by atoms with van der Waals surface area (Å²) in [5, 5.41) is 12.8. The van der Waals surface area contributed by atoms with Crippen molar-refractivity contribution in [2.45, 2.75) is 44.2 Å². The number of rotatable bonds is 5. The molecule has 1 aliphatic rings. The number of hydroxylamine groups is 2. The first-order chi connectivity index (χ1) is 13.2. The second-order valence-corrected chi connectivity index (χ2v) is 7.42. The molecule has 0 spiro atoms. The molecule has 27 heavy (non-hydrogen) atoms. The van der Waals surface area contributed by atoms with E-state index in [1.807, 2.05) is 36.4 Å². The van der Waals surface area contributed by atoms with Crippen molar-refractivity contribution in [1.29, 1.82) is 0 Å². The number of hydrogen-bond donors (Lipinski definition) is 1. The third kappa shape index (κ3) is 3.68. The van der Waals surface area contributed by atoms with Crippen LogP contribution in [0.15, 0.2) is 60.7 Å². The van der Waals surface area contributed by atoms with E-state index in [0.717, 1.165) is 53.6 Å². The molecule has 0 radical (unpaired) electrons. The van der Waals surface area contributed by atoms with Crippen LogP contribution >= 0.6 is 0 Å². The molecule has 3 aromatic rings. The largest absolute Gasteiger partial charge is 0.487 e. The highest BCUT2D eigenvalue weighted by Gasteiger charge is 2.37. The Hall–Kier alpha value is -2.43. The minimum absolute atomic E-state index is 0.267. The Labute approximate surface area is 160 Å². The van der Waals surface area contributed by atoms with Crippen molar-refractivity contribution < 1.29 is 9.94 Å². The van der Waals surface area contributed by atoms with Gasteiger partial charge in [-0.25, -0.2) is 4.98 Å². The average Bonchev–Trinajstić information content (AvgIpc) is 2.73. The molecule has 0 aliphatic heterocycles. The van der Waals surface area contributed by atoms with Crippen molar-refractivity contribution in [1.82, 2.24) is 10.0 Å². The van der Waals surface area contributed by atoms with Gasteiger partial charge in [0.25, 0.3) is 0 Å². The molecule has 1 N–H and O–H groups in total. The number of aromatic nitrogens is 1. The van der Waals surface area contributed by atoms with Crippen molar-refractivity contribution in [2.75, 3.05) is 7.05 Å². The van der Waals surface area contributed by atoms with Gasteiger partial charge in [0.2, 0.25) is 0 Å². The van der Waals surface area contributed by atoms with Gasteiger partial charge < -0.3 is 9.94 Å². The van der Waals surface area contributed by atoms with Gasteiger partial charge in [0, 0.05) is 12.4 Å². The Morgan fingerprint density at radius 1 is 0.963 bits per heavy atom. The summed E-state index contributed by atoms with van der Waals surface area (Å²) in [4.78, 5) is 4.65. The predicted octanol–water partition coefficient (Wildman–Crippen LogP) is 5.29. The highest BCUT2D eigenvalue weighted by Crippen LogP contribution is 2.41. The van der Waals surface area contributed by atoms with E-state index in [1.54, 1.807) is 7.05 Å². The van der Waals surface area contributed by atoms with E-state index < -0.39 is 0 Å². The topological polar surface area (TPSA) is 45.6 Å². The summed E-state index contributed by atoms with van der Waals surface area (Å²) in [5.41, 5.74) is 2.79. The fraction of sp³-hybridized carbons (Fsp3) is 0.348. The van der Waals surface area contributed by atoms with E-state index in [2.05, 4.69) is 29.2 Å². The molecule has 0 unspecified atom stereocenters. The van der Waals surface area contributed by atoms with Crippen LogP contribution in [0.3, 0.4) is 0 Å². The lowest BCUT2D eigenvalue weighted by Crippen LogP contribution is -2.43. The van der Waals surface area contributed by atoms with E-state index in [-0.39, 0.29) is 5.54 Å². The van der Waals surface area contributed by atoms with Gasteiger partial charge in [-0.05, 0) is 42.7 Å². The summed E-state index contributed by atoms with van der Waals surface area (Å²) in [6.07, 6.45) is 5.52. The number of fused-ring (bicyclic) bond motifs is 1. The first-order valence-electron chi connectivity index (χ1n) is 9.68. The normalized spacial score (nSPS) is 16.6. The molecule has 2 aromatic carbocycles. The van der Waals surface area contributed by atoms with Crippen LogP contribution in [-0.4, -0.2) is 22.3 Å². The molecular weight excluding hydrogens is 336 g/mol. The van der Waals surface area contributed by atoms with Crippen LogP contribution in [0.2, 0.25) is 0 Å². The summed E-state index contributed by atoms with van der Waals surface area (Å²) in [7, 11) is 1.77. The van der Waals surface area contributed by atoms with E-state index in [4.69, 9.17) is 4.74 Å². The van der Waals surface area contributed by atoms with Crippen LogP contribution in [0, 0.1) is 0 Å². The fourth-order valence-electron chi connectivity index (χ4n) is 4.14. The van der Waals surface area contributed by atoms with E-state index >= 15 is 0 Å². The van der Waals surface area contributed by atoms with Crippen molar-refractivity contribution in [2.24, 2.45) is 0 Å². The van der Waals surface area contributed by atoms with Crippen LogP contribution in [0.5, 0.6) is 5.75 Å². The zero-order valence-electron chi connectivity index (χ0n) is 15.8. The number of nitrogens with zero attached hydrogens (tertiary/aromatic N) is 2. The van der Waals surface area contributed by atoms with Crippen LogP contribution < -0.4 is 4.74 Å². The number of para-hydroxylation sites is 1. The Bertz CT molecular complexity index is 900. The summed E-state index contributed by atoms with van der Waals surface area (Å²) in [5.74, 6) is 0.820. The Balaban J connectivity index is 1.47. The highest BCUT2D eigenvalue weighted by molar-refractivity contribution is 5.78. The molecule has 4 nitrogen and oxygen atoms in total. The zero-order valence-corrected chi connectivity index (χ0v) is 15.8. The average molecular weight is 362 g/mol. The fourth-order valence-corrected chi connectivity index (χ4v) is 4.14. The molecule has 1 saturated carbocycles. The molecule has 1 fully saturated rings. The molecule has 0 saturated heterocycles.